The van der Waals surface area contributed by atoms with Gasteiger partial charge in [-0.3, -0.25) is 0 Å². The number of nitrogens with zero attached hydrogens (tertiary/aromatic N) is 1. The summed E-state index contributed by atoms with van der Waals surface area (Å²) in [6.07, 6.45) is 1.49. The molecule has 0 aliphatic rings. The molecule has 0 bridgehead atoms. The van der Waals surface area contributed by atoms with E-state index in [0.717, 1.165) is 0 Å². The van der Waals surface area contributed by atoms with Gasteiger partial charge in [-0.15, -0.1) is 0 Å². The van der Waals surface area contributed by atoms with Crippen molar-refractivity contribution in [3.8, 4) is 11.5 Å². The molecule has 2 aromatic rings. The molecule has 0 aliphatic carbocycles. The molecule has 2 aromatic heterocycles. The van der Waals surface area contributed by atoms with Crippen LogP contribution in [0.15, 0.2) is 21.2 Å². The van der Waals surface area contributed by atoms with E-state index in [1.165, 1.54) is 13.4 Å². The smallest absolute Gasteiger partial charge is 0.373 e. The van der Waals surface area contributed by atoms with Crippen molar-refractivity contribution in [1.29, 1.82) is 0 Å². The van der Waals surface area contributed by atoms with Gasteiger partial charge in [0.2, 0.25) is 11.7 Å². The quantitative estimate of drug-likeness (QED) is 0.876. The Balaban J connectivity index is 2.47. The molecule has 6 nitrogen and oxygen atoms in total. The molecule has 17 heavy (non-hydrogen) atoms. The van der Waals surface area contributed by atoms with Crippen molar-refractivity contribution in [2.75, 3.05) is 7.11 Å². The number of furan rings is 1. The van der Waals surface area contributed by atoms with Crippen molar-refractivity contribution in [3.63, 3.8) is 0 Å². The lowest BCUT2D eigenvalue weighted by molar-refractivity contribution is 0.0656. The highest BCUT2D eigenvalue weighted by molar-refractivity contribution is 5.86. The fraction of sp³-hybridized carbons (Fsp3) is 0.273. The Labute approximate surface area is 96.8 Å². The number of rotatable bonds is 4. The van der Waals surface area contributed by atoms with Crippen LogP contribution in [0, 0.1) is 6.92 Å². The SMILES string of the molecule is COCc1nc(-c2ccoc2C)oc1C(=O)O. The average Bonchev–Trinajstić information content (AvgIpc) is 2.84. The molecule has 1 N–H and O–H groups in total. The van der Waals surface area contributed by atoms with E-state index >= 15 is 0 Å². The second-order valence-electron chi connectivity index (χ2n) is 3.42. The highest BCUT2D eigenvalue weighted by Gasteiger charge is 2.21. The Morgan fingerprint density at radius 3 is 2.88 bits per heavy atom. The maximum atomic E-state index is 11.0. The summed E-state index contributed by atoms with van der Waals surface area (Å²) in [4.78, 5) is 15.0. The van der Waals surface area contributed by atoms with Crippen LogP contribution in [0.2, 0.25) is 0 Å². The van der Waals surface area contributed by atoms with Crippen LogP contribution >= 0.6 is 0 Å². The minimum absolute atomic E-state index is 0.0853. The van der Waals surface area contributed by atoms with E-state index in [1.54, 1.807) is 13.0 Å². The molecule has 0 amide bonds. The van der Waals surface area contributed by atoms with E-state index in [2.05, 4.69) is 4.98 Å². The first-order valence-corrected chi connectivity index (χ1v) is 4.90. The molecule has 2 rings (SSSR count). The van der Waals surface area contributed by atoms with Gasteiger partial charge in [0, 0.05) is 7.11 Å². The highest BCUT2D eigenvalue weighted by Crippen LogP contribution is 2.26. The number of aromatic nitrogens is 1. The predicted molar refractivity (Wildman–Crippen MR) is 56.6 cm³/mol. The van der Waals surface area contributed by atoms with Crippen molar-refractivity contribution in [2.45, 2.75) is 13.5 Å². The van der Waals surface area contributed by atoms with Gasteiger partial charge < -0.3 is 18.7 Å². The molecular weight excluding hydrogens is 226 g/mol. The third kappa shape index (κ3) is 2.07. The predicted octanol–water partition coefficient (Wildman–Crippen LogP) is 2.09. The third-order valence-corrected chi connectivity index (χ3v) is 2.26. The Morgan fingerprint density at radius 1 is 1.59 bits per heavy atom. The zero-order valence-electron chi connectivity index (χ0n) is 9.39. The Bertz CT molecular complexity index is 540. The van der Waals surface area contributed by atoms with Crippen LogP contribution in [0.3, 0.4) is 0 Å². The van der Waals surface area contributed by atoms with Gasteiger partial charge in [0.15, 0.2) is 0 Å². The molecule has 0 aliphatic heterocycles. The fourth-order valence-corrected chi connectivity index (χ4v) is 1.48. The van der Waals surface area contributed by atoms with Crippen LogP contribution in [0.25, 0.3) is 11.5 Å². The summed E-state index contributed by atoms with van der Waals surface area (Å²) in [7, 11) is 1.46. The van der Waals surface area contributed by atoms with E-state index in [1.807, 2.05) is 0 Å². The van der Waals surface area contributed by atoms with Gasteiger partial charge in [0.1, 0.15) is 11.5 Å². The fourth-order valence-electron chi connectivity index (χ4n) is 1.48. The summed E-state index contributed by atoms with van der Waals surface area (Å²) < 4.78 is 15.2. The molecule has 0 spiro atoms. The zero-order valence-corrected chi connectivity index (χ0v) is 9.39. The Hall–Kier alpha value is -2.08. The number of ether oxygens (including phenoxy) is 1. The van der Waals surface area contributed by atoms with Crippen LogP contribution in [0.4, 0.5) is 0 Å². The number of methoxy groups -OCH3 is 1. The maximum absolute atomic E-state index is 11.0. The van der Waals surface area contributed by atoms with Crippen LogP contribution in [-0.2, 0) is 11.3 Å². The molecular formula is C11H11NO5. The van der Waals surface area contributed by atoms with E-state index in [4.69, 9.17) is 18.7 Å². The summed E-state index contributed by atoms with van der Waals surface area (Å²) in [5.74, 6) is -0.535. The minimum atomic E-state index is -1.17. The lowest BCUT2D eigenvalue weighted by atomic mass is 10.2. The topological polar surface area (TPSA) is 85.7 Å². The number of aryl methyl sites for hydroxylation is 1. The van der Waals surface area contributed by atoms with Gasteiger partial charge in [0.25, 0.3) is 0 Å². The summed E-state index contributed by atoms with van der Waals surface area (Å²) in [6.45, 7) is 1.83. The molecule has 0 aromatic carbocycles. The van der Waals surface area contributed by atoms with Gasteiger partial charge in [-0.25, -0.2) is 9.78 Å². The van der Waals surface area contributed by atoms with Crippen LogP contribution in [-0.4, -0.2) is 23.2 Å². The van der Waals surface area contributed by atoms with Crippen molar-refractivity contribution in [3.05, 3.63) is 29.5 Å². The van der Waals surface area contributed by atoms with E-state index < -0.39 is 5.97 Å². The van der Waals surface area contributed by atoms with Gasteiger partial charge in [-0.1, -0.05) is 0 Å². The number of hydrogen-bond donors (Lipinski definition) is 1. The zero-order chi connectivity index (χ0) is 12.4. The molecule has 90 valence electrons. The summed E-state index contributed by atoms with van der Waals surface area (Å²) in [6, 6.07) is 1.67. The number of oxazole rings is 1. The summed E-state index contributed by atoms with van der Waals surface area (Å²) in [5.41, 5.74) is 0.894. The Morgan fingerprint density at radius 2 is 2.35 bits per heavy atom. The van der Waals surface area contributed by atoms with Gasteiger partial charge >= 0.3 is 5.97 Å². The highest BCUT2D eigenvalue weighted by atomic mass is 16.5. The van der Waals surface area contributed by atoms with Crippen molar-refractivity contribution in [2.24, 2.45) is 0 Å². The molecule has 0 radical (unpaired) electrons. The molecule has 0 atom stereocenters. The number of aromatic carboxylic acids is 1. The number of carboxylic acid groups (broad SMARTS) is 1. The summed E-state index contributed by atoms with van der Waals surface area (Å²) >= 11 is 0. The van der Waals surface area contributed by atoms with E-state index in [9.17, 15) is 4.79 Å². The summed E-state index contributed by atoms with van der Waals surface area (Å²) in [5, 5.41) is 8.96. The van der Waals surface area contributed by atoms with Crippen molar-refractivity contribution >= 4 is 5.97 Å². The van der Waals surface area contributed by atoms with Crippen LogP contribution < -0.4 is 0 Å². The first-order chi connectivity index (χ1) is 8.13. The van der Waals surface area contributed by atoms with Gasteiger partial charge in [-0.05, 0) is 13.0 Å². The lowest BCUT2D eigenvalue weighted by Gasteiger charge is -1.92. The first kappa shape index (κ1) is 11.4. The normalized spacial score (nSPS) is 10.7. The van der Waals surface area contributed by atoms with E-state index in [-0.39, 0.29) is 24.0 Å². The first-order valence-electron chi connectivity index (χ1n) is 4.90. The molecule has 0 saturated heterocycles. The number of carbonyl (C=O) groups is 1. The Kier molecular flexibility index (Phi) is 2.97. The standard InChI is InChI=1S/C11H11NO5/c1-6-7(3-4-16-6)10-12-8(5-15-2)9(17-10)11(13)14/h3-4H,5H2,1-2H3,(H,13,14). The van der Waals surface area contributed by atoms with Crippen molar-refractivity contribution in [1.82, 2.24) is 4.98 Å². The number of carboxylic acids is 1. The van der Waals surface area contributed by atoms with Crippen LogP contribution in [0.5, 0.6) is 0 Å². The second kappa shape index (κ2) is 4.42. The molecule has 0 saturated carbocycles. The maximum Gasteiger partial charge on any atom is 0.373 e. The van der Waals surface area contributed by atoms with Gasteiger partial charge in [-0.2, -0.15) is 0 Å². The van der Waals surface area contributed by atoms with Crippen molar-refractivity contribution < 1.29 is 23.5 Å². The average molecular weight is 237 g/mol. The largest absolute Gasteiger partial charge is 0.475 e. The number of hydrogen-bond acceptors (Lipinski definition) is 5. The molecule has 2 heterocycles. The van der Waals surface area contributed by atoms with Gasteiger partial charge in [0.05, 0.1) is 18.4 Å². The third-order valence-electron chi connectivity index (χ3n) is 2.26. The second-order valence-corrected chi connectivity index (χ2v) is 3.42. The van der Waals surface area contributed by atoms with E-state index in [0.29, 0.717) is 11.3 Å². The van der Waals surface area contributed by atoms with Crippen LogP contribution in [0.1, 0.15) is 22.0 Å². The lowest BCUT2D eigenvalue weighted by Crippen LogP contribution is -2.00. The molecule has 6 heteroatoms. The monoisotopic (exact) mass is 237 g/mol. The molecule has 0 unspecified atom stereocenters. The minimum Gasteiger partial charge on any atom is -0.475 e. The molecule has 0 fully saturated rings.